The first kappa shape index (κ1) is 18.4. The number of para-hydroxylation sites is 1. The smallest absolute Gasteiger partial charge is 0.322 e. The normalized spacial score (nSPS) is 13.4. The third kappa shape index (κ3) is 3.22. The number of fused-ring (bicyclic) bond motifs is 2. The Bertz CT molecular complexity index is 1270. The van der Waals surface area contributed by atoms with Gasteiger partial charge in [0, 0.05) is 16.5 Å². The van der Waals surface area contributed by atoms with Crippen LogP contribution in [-0.4, -0.2) is 15.2 Å². The molecule has 0 unspecified atom stereocenters. The van der Waals surface area contributed by atoms with Crippen LogP contribution in [0.2, 0.25) is 0 Å². The molecule has 0 saturated carbocycles. The number of hydrogen-bond acceptors (Lipinski definition) is 3. The van der Waals surface area contributed by atoms with Crippen molar-refractivity contribution in [2.45, 2.75) is 19.0 Å². The van der Waals surface area contributed by atoms with Gasteiger partial charge in [0.2, 0.25) is 0 Å². The minimum atomic E-state index is -4.46. The highest BCUT2D eigenvalue weighted by Gasteiger charge is 2.34. The zero-order valence-electron chi connectivity index (χ0n) is 15.8. The maximum atomic E-state index is 13.6. The van der Waals surface area contributed by atoms with E-state index in [9.17, 15) is 13.2 Å². The summed E-state index contributed by atoms with van der Waals surface area (Å²) in [6.45, 7) is 0. The minimum Gasteiger partial charge on any atom is -0.322 e. The summed E-state index contributed by atoms with van der Waals surface area (Å²) < 4.78 is 40.8. The Morgan fingerprint density at radius 1 is 0.967 bits per heavy atom. The molecule has 2 aromatic carbocycles. The summed E-state index contributed by atoms with van der Waals surface area (Å²) in [5.74, 6) is 1.08. The molecule has 1 aliphatic carbocycles. The second-order valence-electron chi connectivity index (χ2n) is 7.16. The molecule has 1 aliphatic rings. The van der Waals surface area contributed by atoms with Crippen molar-refractivity contribution < 1.29 is 13.2 Å². The Morgan fingerprint density at radius 2 is 1.77 bits per heavy atom. The molecule has 0 saturated heterocycles. The quantitative estimate of drug-likeness (QED) is 0.417. The Balaban J connectivity index is 1.67. The molecule has 4 aromatic rings. The molecule has 150 valence electrons. The lowest BCUT2D eigenvalue weighted by Crippen LogP contribution is -2.09. The van der Waals surface area contributed by atoms with E-state index in [2.05, 4.69) is 20.5 Å². The zero-order chi connectivity index (χ0) is 20.7. The number of pyridine rings is 1. The Labute approximate surface area is 170 Å². The van der Waals surface area contributed by atoms with Crippen molar-refractivity contribution in [1.82, 2.24) is 15.2 Å². The van der Waals surface area contributed by atoms with E-state index in [-0.39, 0.29) is 5.56 Å². The van der Waals surface area contributed by atoms with Gasteiger partial charge in [-0.3, -0.25) is 5.10 Å². The van der Waals surface area contributed by atoms with Crippen LogP contribution < -0.4 is 5.32 Å². The molecule has 7 heteroatoms. The standard InChI is InChI=1S/C23H17F3N4/c24-23(25,26)18-11-5-3-9-16(18)20-13-14-7-1-2-8-15(14)21(27-20)28-22-17-10-4-6-12-19(17)29-30-22/h2-6,8-13H,1,7H2,(H2,27,28,29,30). The molecular weight excluding hydrogens is 389 g/mol. The Kier molecular flexibility index (Phi) is 4.31. The van der Waals surface area contributed by atoms with Crippen LogP contribution in [0.25, 0.3) is 28.2 Å². The first-order chi connectivity index (χ1) is 14.5. The van der Waals surface area contributed by atoms with Crippen molar-refractivity contribution in [1.29, 1.82) is 0 Å². The van der Waals surface area contributed by atoms with Crippen LogP contribution in [0.3, 0.4) is 0 Å². The number of nitrogens with zero attached hydrogens (tertiary/aromatic N) is 2. The van der Waals surface area contributed by atoms with E-state index in [4.69, 9.17) is 0 Å². The number of aryl methyl sites for hydroxylation is 1. The first-order valence-corrected chi connectivity index (χ1v) is 9.58. The van der Waals surface area contributed by atoms with E-state index < -0.39 is 11.7 Å². The number of halogens is 3. The number of nitrogens with one attached hydrogen (secondary N) is 2. The van der Waals surface area contributed by atoms with E-state index in [1.54, 1.807) is 12.1 Å². The lowest BCUT2D eigenvalue weighted by atomic mass is 9.94. The van der Waals surface area contributed by atoms with Gasteiger partial charge in [-0.25, -0.2) is 4.98 Å². The second-order valence-corrected chi connectivity index (χ2v) is 7.16. The van der Waals surface area contributed by atoms with Gasteiger partial charge >= 0.3 is 6.18 Å². The SMILES string of the molecule is FC(F)(F)c1ccccc1-c1cc2c(c(Nc3n[nH]c4ccccc34)n1)C=CCC2. The van der Waals surface area contributed by atoms with Crippen molar-refractivity contribution in [2.75, 3.05) is 5.32 Å². The summed E-state index contributed by atoms with van der Waals surface area (Å²) in [4.78, 5) is 4.60. The lowest BCUT2D eigenvalue weighted by molar-refractivity contribution is -0.137. The third-order valence-electron chi connectivity index (χ3n) is 5.22. The predicted octanol–water partition coefficient (Wildman–Crippen LogP) is 6.35. The number of anilines is 2. The van der Waals surface area contributed by atoms with Gasteiger partial charge in [-0.1, -0.05) is 42.5 Å². The average Bonchev–Trinajstić information content (AvgIpc) is 3.16. The van der Waals surface area contributed by atoms with Crippen LogP contribution in [0.4, 0.5) is 24.8 Å². The van der Waals surface area contributed by atoms with Gasteiger partial charge in [0.05, 0.1) is 16.8 Å². The monoisotopic (exact) mass is 406 g/mol. The van der Waals surface area contributed by atoms with Gasteiger partial charge in [0.1, 0.15) is 5.82 Å². The zero-order valence-corrected chi connectivity index (χ0v) is 15.8. The summed E-state index contributed by atoms with van der Waals surface area (Å²) in [6, 6.07) is 14.9. The predicted molar refractivity (Wildman–Crippen MR) is 111 cm³/mol. The van der Waals surface area contributed by atoms with E-state index in [0.717, 1.165) is 40.9 Å². The fourth-order valence-electron chi connectivity index (χ4n) is 3.80. The summed E-state index contributed by atoms with van der Waals surface area (Å²) in [5.41, 5.74) is 2.36. The highest BCUT2D eigenvalue weighted by molar-refractivity contribution is 5.92. The topological polar surface area (TPSA) is 53.6 Å². The molecule has 0 spiro atoms. The molecule has 0 radical (unpaired) electrons. The van der Waals surface area contributed by atoms with E-state index >= 15 is 0 Å². The van der Waals surface area contributed by atoms with Crippen LogP contribution >= 0.6 is 0 Å². The highest BCUT2D eigenvalue weighted by Crippen LogP contribution is 2.39. The Hall–Kier alpha value is -3.61. The number of hydrogen-bond donors (Lipinski definition) is 2. The highest BCUT2D eigenvalue weighted by atomic mass is 19.4. The van der Waals surface area contributed by atoms with Crippen molar-refractivity contribution in [3.05, 3.63) is 77.4 Å². The first-order valence-electron chi connectivity index (χ1n) is 9.58. The van der Waals surface area contributed by atoms with E-state index in [1.165, 1.54) is 12.1 Å². The van der Waals surface area contributed by atoms with Crippen molar-refractivity contribution >= 4 is 28.6 Å². The number of aromatic nitrogens is 3. The van der Waals surface area contributed by atoms with Crippen LogP contribution in [0.15, 0.2) is 60.7 Å². The molecule has 4 nitrogen and oxygen atoms in total. The number of rotatable bonds is 3. The number of aromatic amines is 1. The maximum absolute atomic E-state index is 13.6. The number of benzene rings is 2. The summed E-state index contributed by atoms with van der Waals surface area (Å²) in [7, 11) is 0. The molecule has 0 atom stereocenters. The number of alkyl halides is 3. The molecule has 0 fully saturated rings. The molecule has 2 heterocycles. The lowest BCUT2D eigenvalue weighted by Gasteiger charge is -2.19. The molecule has 0 bridgehead atoms. The van der Waals surface area contributed by atoms with Gasteiger partial charge in [-0.05, 0) is 42.7 Å². The van der Waals surface area contributed by atoms with Crippen LogP contribution in [0.1, 0.15) is 23.1 Å². The van der Waals surface area contributed by atoms with Crippen molar-refractivity contribution in [3.63, 3.8) is 0 Å². The minimum absolute atomic E-state index is 0.0669. The maximum Gasteiger partial charge on any atom is 0.417 e. The van der Waals surface area contributed by atoms with Crippen LogP contribution in [0.5, 0.6) is 0 Å². The van der Waals surface area contributed by atoms with Gasteiger partial charge in [-0.15, -0.1) is 0 Å². The molecule has 2 aromatic heterocycles. The largest absolute Gasteiger partial charge is 0.417 e. The average molecular weight is 406 g/mol. The van der Waals surface area contributed by atoms with Gasteiger partial charge < -0.3 is 5.32 Å². The van der Waals surface area contributed by atoms with Gasteiger partial charge in [0.25, 0.3) is 0 Å². The van der Waals surface area contributed by atoms with Gasteiger partial charge in [-0.2, -0.15) is 18.3 Å². The van der Waals surface area contributed by atoms with Gasteiger partial charge in [0.15, 0.2) is 5.82 Å². The Morgan fingerprint density at radius 3 is 2.63 bits per heavy atom. The fourth-order valence-corrected chi connectivity index (χ4v) is 3.80. The second kappa shape index (κ2) is 7.02. The van der Waals surface area contributed by atoms with Crippen LogP contribution in [-0.2, 0) is 12.6 Å². The summed E-state index contributed by atoms with van der Waals surface area (Å²) in [6.07, 6.45) is 1.12. The van der Waals surface area contributed by atoms with Crippen molar-refractivity contribution in [2.24, 2.45) is 0 Å². The summed E-state index contributed by atoms with van der Waals surface area (Å²) >= 11 is 0. The van der Waals surface area contributed by atoms with E-state index in [0.29, 0.717) is 17.3 Å². The molecule has 5 rings (SSSR count). The molecule has 30 heavy (non-hydrogen) atoms. The van der Waals surface area contributed by atoms with Crippen LogP contribution in [0, 0.1) is 0 Å². The third-order valence-corrected chi connectivity index (χ3v) is 5.22. The molecule has 0 aliphatic heterocycles. The number of H-pyrrole nitrogens is 1. The molecule has 0 amide bonds. The summed E-state index contributed by atoms with van der Waals surface area (Å²) in [5, 5.41) is 11.4. The molecular formula is C23H17F3N4. The van der Waals surface area contributed by atoms with Crippen molar-refractivity contribution in [3.8, 4) is 11.3 Å². The number of allylic oxidation sites excluding steroid dienone is 1. The van der Waals surface area contributed by atoms with E-state index in [1.807, 2.05) is 36.4 Å². The molecule has 2 N–H and O–H groups in total. The fraction of sp³-hybridized carbons (Fsp3) is 0.130.